The van der Waals surface area contributed by atoms with Crippen molar-refractivity contribution in [2.24, 2.45) is 5.73 Å². The third-order valence-corrected chi connectivity index (χ3v) is 19.9. The van der Waals surface area contributed by atoms with Crippen LogP contribution >= 0.6 is 148 Å². The summed E-state index contributed by atoms with van der Waals surface area (Å²) in [6.07, 6.45) is 6.67. The van der Waals surface area contributed by atoms with Gasteiger partial charge < -0.3 is 22.1 Å². The molecule has 0 saturated heterocycles. The van der Waals surface area contributed by atoms with Crippen molar-refractivity contribution in [2.75, 3.05) is 25.6 Å². The van der Waals surface area contributed by atoms with E-state index in [1.54, 1.807) is 54.3 Å². The van der Waals surface area contributed by atoms with E-state index in [0.717, 1.165) is 96.6 Å². The second kappa shape index (κ2) is 32.3. The first-order valence-electron chi connectivity index (χ1n) is 25.9. The summed E-state index contributed by atoms with van der Waals surface area (Å²) in [5.74, 6) is 0.663. The van der Waals surface area contributed by atoms with E-state index < -0.39 is 0 Å². The summed E-state index contributed by atoms with van der Waals surface area (Å²) in [7, 11) is 3.78. The predicted molar refractivity (Wildman–Crippen MR) is 395 cm³/mol. The molecule has 0 unspecified atom stereocenters. The molecule has 0 bridgehead atoms. The number of anilines is 2. The SMILES string of the molecule is CC(=O)c1sc(-c2ccc(I)cc2)nc1C.Cc1ccc(-c2nc(C)c(-c3ccnc(N)n3)s2)cc1.Cc1nc(-c2ccc(I)cc2)sc1-c1ccnc(N)n1.Cc1nc(-c2ccc(I)cc2)sc1C(=O)/C=C/N(C)C.NC(=S)c1ccc(I)cc1. The van der Waals surface area contributed by atoms with Gasteiger partial charge in [-0.1, -0.05) is 90.6 Å². The predicted octanol–water partition coefficient (Wildman–Crippen LogP) is 17.1. The largest absolute Gasteiger partial charge is 0.389 e. The van der Waals surface area contributed by atoms with Gasteiger partial charge in [-0.25, -0.2) is 39.9 Å². The zero-order chi connectivity index (χ0) is 62.2. The number of nitrogen functional groups attached to an aromatic ring is 2. The molecule has 5 aromatic carbocycles. The summed E-state index contributed by atoms with van der Waals surface area (Å²) in [5, 5.41) is 3.79. The zero-order valence-corrected chi connectivity index (χ0v) is 60.4. The van der Waals surface area contributed by atoms with Crippen LogP contribution in [-0.2, 0) is 0 Å². The van der Waals surface area contributed by atoms with Crippen LogP contribution < -0.4 is 17.2 Å². The number of thiazole rings is 4. The van der Waals surface area contributed by atoms with E-state index in [2.05, 4.69) is 186 Å². The Hall–Kier alpha value is -5.93. The molecule has 0 aliphatic carbocycles. The molecule has 6 aromatic heterocycles. The molecule has 438 valence electrons. The number of nitrogens with zero attached hydrogens (tertiary/aromatic N) is 9. The quantitative estimate of drug-likeness (QED) is 0.0475. The Morgan fingerprint density at radius 3 is 1.16 bits per heavy atom. The number of ketones is 2. The molecule has 6 heterocycles. The molecule has 14 nitrogen and oxygen atoms in total. The highest BCUT2D eigenvalue weighted by atomic mass is 127. The molecule has 86 heavy (non-hydrogen) atoms. The van der Waals surface area contributed by atoms with Crippen LogP contribution in [0.25, 0.3) is 63.4 Å². The number of rotatable bonds is 11. The van der Waals surface area contributed by atoms with Gasteiger partial charge >= 0.3 is 0 Å². The molecule has 11 aromatic rings. The number of allylic oxidation sites excluding steroid dienone is 1. The number of thiocarbonyl (C=S) groups is 1. The summed E-state index contributed by atoms with van der Waals surface area (Å²) in [6, 6.07) is 44.5. The number of carbonyl (C=O) groups is 2. The van der Waals surface area contributed by atoms with Gasteiger partial charge in [0.1, 0.15) is 25.0 Å². The number of nitrogens with two attached hydrogens (primary N) is 3. The highest BCUT2D eigenvalue weighted by molar-refractivity contribution is 14.1. The first-order valence-corrected chi connectivity index (χ1v) is 33.9. The number of aromatic nitrogens is 8. The van der Waals surface area contributed by atoms with Crippen LogP contribution in [0.1, 0.15) is 60.2 Å². The molecular formula is C63H56I4N12O2S5. The van der Waals surface area contributed by atoms with Crippen molar-refractivity contribution < 1.29 is 9.59 Å². The van der Waals surface area contributed by atoms with Crippen molar-refractivity contribution in [1.29, 1.82) is 0 Å². The fourth-order valence-corrected chi connectivity index (χ4v) is 13.1. The molecule has 0 radical (unpaired) electrons. The third kappa shape index (κ3) is 19.8. The molecular weight excluding hydrogens is 1620 g/mol. The van der Waals surface area contributed by atoms with Crippen molar-refractivity contribution in [3.8, 4) is 63.4 Å². The normalized spacial score (nSPS) is 10.6. The van der Waals surface area contributed by atoms with Gasteiger partial charge in [0, 0.05) is 87.8 Å². The number of Topliss-reactive ketones (excluding diaryl/α,β-unsaturated/α-hetero) is 1. The lowest BCUT2D eigenvalue weighted by molar-refractivity contribution is 0.101. The van der Waals surface area contributed by atoms with E-state index in [0.29, 0.717) is 9.87 Å². The second-order valence-corrected chi connectivity index (χ2v) is 28.2. The van der Waals surface area contributed by atoms with E-state index in [1.165, 1.54) is 42.5 Å². The van der Waals surface area contributed by atoms with Crippen LogP contribution in [0.15, 0.2) is 158 Å². The minimum Gasteiger partial charge on any atom is -0.389 e. The van der Waals surface area contributed by atoms with Gasteiger partial charge in [-0.15, -0.1) is 45.3 Å². The van der Waals surface area contributed by atoms with Crippen LogP contribution in [0.2, 0.25) is 0 Å². The minimum absolute atomic E-state index is 0.00506. The number of hydrogen-bond acceptors (Lipinski definition) is 18. The van der Waals surface area contributed by atoms with Gasteiger partial charge in [-0.3, -0.25) is 9.59 Å². The van der Waals surface area contributed by atoms with E-state index in [-0.39, 0.29) is 23.5 Å². The van der Waals surface area contributed by atoms with Crippen LogP contribution in [0.5, 0.6) is 0 Å². The van der Waals surface area contributed by atoms with E-state index in [9.17, 15) is 9.59 Å². The fraction of sp³-hybridized carbons (Fsp3) is 0.127. The van der Waals surface area contributed by atoms with Crippen molar-refractivity contribution in [3.05, 3.63) is 216 Å². The van der Waals surface area contributed by atoms with Gasteiger partial charge in [0.05, 0.1) is 53.7 Å². The number of aryl methyl sites for hydroxylation is 5. The van der Waals surface area contributed by atoms with E-state index >= 15 is 0 Å². The van der Waals surface area contributed by atoms with Gasteiger partial charge in [-0.2, -0.15) is 0 Å². The molecule has 0 fully saturated rings. The van der Waals surface area contributed by atoms with Crippen LogP contribution in [0.3, 0.4) is 0 Å². The monoisotopic (exact) mass is 1680 g/mol. The maximum Gasteiger partial charge on any atom is 0.220 e. The van der Waals surface area contributed by atoms with Gasteiger partial charge in [0.25, 0.3) is 0 Å². The molecule has 0 aliphatic rings. The van der Waals surface area contributed by atoms with Crippen molar-refractivity contribution >= 4 is 176 Å². The molecule has 23 heteroatoms. The summed E-state index contributed by atoms with van der Waals surface area (Å²) in [5.41, 5.74) is 28.4. The molecule has 11 rings (SSSR count). The first-order chi connectivity index (χ1) is 41.0. The molecule has 0 aliphatic heterocycles. The molecule has 0 atom stereocenters. The first kappa shape index (κ1) is 67.6. The van der Waals surface area contributed by atoms with Gasteiger partial charge in [0.2, 0.25) is 11.9 Å². The number of hydrogen-bond donors (Lipinski definition) is 3. The third-order valence-electron chi connectivity index (χ3n) is 11.8. The Morgan fingerprint density at radius 2 is 0.814 bits per heavy atom. The summed E-state index contributed by atoms with van der Waals surface area (Å²) < 4.78 is 4.78. The van der Waals surface area contributed by atoms with Crippen molar-refractivity contribution in [2.45, 2.75) is 41.5 Å². The summed E-state index contributed by atoms with van der Waals surface area (Å²) >= 11 is 20.0. The van der Waals surface area contributed by atoms with Gasteiger partial charge in [0.15, 0.2) is 11.6 Å². The average molecular weight is 1680 g/mol. The lowest BCUT2D eigenvalue weighted by atomic mass is 10.2. The molecule has 0 spiro atoms. The Morgan fingerprint density at radius 1 is 0.477 bits per heavy atom. The van der Waals surface area contributed by atoms with Crippen LogP contribution in [-0.4, -0.2) is 75.4 Å². The Balaban J connectivity index is 0.000000156. The lowest BCUT2D eigenvalue weighted by Gasteiger charge is -2.01. The molecule has 0 saturated carbocycles. The number of carbonyl (C=O) groups excluding carboxylic acids is 2. The number of benzene rings is 5. The Kier molecular flexibility index (Phi) is 25.4. The summed E-state index contributed by atoms with van der Waals surface area (Å²) in [6.45, 7) is 11.4. The zero-order valence-electron chi connectivity index (χ0n) is 47.6. The maximum absolute atomic E-state index is 12.1. The topological polar surface area (TPSA) is 219 Å². The Bertz CT molecular complexity index is 4000. The fourth-order valence-electron chi connectivity index (χ4n) is 7.49. The van der Waals surface area contributed by atoms with Crippen LogP contribution in [0, 0.1) is 48.9 Å². The second-order valence-electron chi connectivity index (χ2n) is 18.8. The maximum atomic E-state index is 12.1. The smallest absolute Gasteiger partial charge is 0.220 e. The van der Waals surface area contributed by atoms with Gasteiger partial charge in [-0.05, 0) is 186 Å². The number of halogens is 4. The molecule has 0 amide bonds. The van der Waals surface area contributed by atoms with Crippen molar-refractivity contribution in [1.82, 2.24) is 44.8 Å². The lowest BCUT2D eigenvalue weighted by Crippen LogP contribution is -2.08. The average Bonchev–Trinajstić information content (AvgIpc) is 4.06. The Labute approximate surface area is 576 Å². The van der Waals surface area contributed by atoms with Crippen LogP contribution in [0.4, 0.5) is 11.9 Å². The van der Waals surface area contributed by atoms with E-state index in [4.69, 9.17) is 29.4 Å². The van der Waals surface area contributed by atoms with E-state index in [1.807, 2.05) is 132 Å². The highest BCUT2D eigenvalue weighted by Crippen LogP contribution is 2.36. The van der Waals surface area contributed by atoms with Crippen molar-refractivity contribution in [3.63, 3.8) is 0 Å². The molecule has 6 N–H and O–H groups in total. The highest BCUT2D eigenvalue weighted by Gasteiger charge is 2.17. The standard InChI is InChI=1S/C15H15IN2OS.C15H14N4S.C14H11IN4S.C12H10INOS.C7H6INS/c1-10-14(13(19)8-9-18(2)3)20-15(17-10)11-4-6-12(16)7-5-11;1-9-3-5-11(6-4-9)14-18-10(2)13(20-14)12-7-8-17-15(16)19-12;1-8-12(11-6-7-17-14(16)19-11)20-13(18-8)9-2-4-10(15)5-3-9;1-7-11(8(2)15)16-12(14-7)9-3-5-10(13)6-4-9;8-6-3-1-5(2-4-6)7(9)10/h4-9H,1-3H3;3-8H,1-2H3,(H2,16,17,19);2-7H,1H3,(H2,16,17,19);3-6H,1-2H3;1-4H,(H2,9,10)/b9-8+;;;;. The summed E-state index contributed by atoms with van der Waals surface area (Å²) in [4.78, 5) is 63.9. The minimum atomic E-state index is 0.00506.